The van der Waals surface area contributed by atoms with E-state index in [9.17, 15) is 14.7 Å². The first-order valence-electron chi connectivity index (χ1n) is 10.0. The first-order valence-corrected chi connectivity index (χ1v) is 10.0. The Morgan fingerprint density at radius 2 is 1.83 bits per heavy atom. The third-order valence-electron chi connectivity index (χ3n) is 5.85. The predicted octanol–water partition coefficient (Wildman–Crippen LogP) is 2.81. The van der Waals surface area contributed by atoms with Gasteiger partial charge in [-0.2, -0.15) is 9.61 Å². The highest BCUT2D eigenvalue weighted by atomic mass is 16.5. The molecule has 1 aliphatic rings. The van der Waals surface area contributed by atoms with Crippen LogP contribution in [-0.4, -0.2) is 56.2 Å². The first kappa shape index (κ1) is 19.9. The highest BCUT2D eigenvalue weighted by Gasteiger charge is 2.34. The number of amides is 1. The van der Waals surface area contributed by atoms with Crippen LogP contribution in [0.3, 0.4) is 0 Å². The Bertz CT molecular complexity index is 1090. The Labute approximate surface area is 174 Å². The van der Waals surface area contributed by atoms with E-state index in [1.54, 1.807) is 11.8 Å². The Kier molecular flexibility index (Phi) is 5.15. The van der Waals surface area contributed by atoms with Gasteiger partial charge in [0.25, 0.3) is 5.91 Å². The van der Waals surface area contributed by atoms with Crippen LogP contribution in [0.5, 0.6) is 5.88 Å². The highest BCUT2D eigenvalue weighted by molar-refractivity contribution is 5.98. The predicted molar refractivity (Wildman–Crippen MR) is 110 cm³/mol. The molecular weight excluding hydrogens is 384 g/mol. The summed E-state index contributed by atoms with van der Waals surface area (Å²) in [5.74, 6) is -1.21. The Morgan fingerprint density at radius 1 is 1.13 bits per heavy atom. The molecule has 1 N–H and O–H groups in total. The van der Waals surface area contributed by atoms with Crippen molar-refractivity contribution in [1.82, 2.24) is 19.5 Å². The number of ether oxygens (including phenoxy) is 1. The number of carbonyl (C=O) groups excluding carboxylic acids is 2. The minimum absolute atomic E-state index is 0.0127. The molecule has 1 aliphatic heterocycles. The summed E-state index contributed by atoms with van der Waals surface area (Å²) in [6.45, 7) is 5.29. The summed E-state index contributed by atoms with van der Waals surface area (Å²) in [6.07, 6.45) is 4.23. The maximum absolute atomic E-state index is 13.0. The SMILES string of the molecule is CCOC(=O)c1cnn2c(O)c(C(=O)N3CCC(C)(c4ccccc4)CC3)cnc12. The minimum atomic E-state index is -0.574. The molecule has 1 saturated heterocycles. The maximum atomic E-state index is 13.0. The molecule has 8 nitrogen and oxygen atoms in total. The summed E-state index contributed by atoms with van der Waals surface area (Å²) < 4.78 is 6.07. The van der Waals surface area contributed by atoms with Crippen molar-refractivity contribution in [3.63, 3.8) is 0 Å². The molecule has 0 atom stereocenters. The van der Waals surface area contributed by atoms with Gasteiger partial charge in [0.2, 0.25) is 5.88 Å². The van der Waals surface area contributed by atoms with Crippen LogP contribution in [0.2, 0.25) is 0 Å². The number of aromatic nitrogens is 3. The van der Waals surface area contributed by atoms with Crippen LogP contribution in [0, 0.1) is 0 Å². The van der Waals surface area contributed by atoms with Gasteiger partial charge in [-0.1, -0.05) is 37.3 Å². The second-order valence-electron chi connectivity index (χ2n) is 7.73. The second kappa shape index (κ2) is 7.78. The lowest BCUT2D eigenvalue weighted by Crippen LogP contribution is -2.44. The molecule has 0 saturated carbocycles. The summed E-state index contributed by atoms with van der Waals surface area (Å²) in [4.78, 5) is 31.0. The molecule has 0 radical (unpaired) electrons. The number of hydrogen-bond acceptors (Lipinski definition) is 6. The number of fused-ring (bicyclic) bond motifs is 1. The number of piperidine rings is 1. The summed E-state index contributed by atoms with van der Waals surface area (Å²) in [6, 6.07) is 10.3. The number of benzene rings is 1. The van der Waals surface area contributed by atoms with Crippen LogP contribution >= 0.6 is 0 Å². The van der Waals surface area contributed by atoms with Gasteiger partial charge in [-0.25, -0.2) is 9.78 Å². The number of likely N-dealkylation sites (tertiary alicyclic amines) is 1. The highest BCUT2D eigenvalue weighted by Crippen LogP contribution is 2.35. The van der Waals surface area contributed by atoms with Gasteiger partial charge in [-0.05, 0) is 30.7 Å². The lowest BCUT2D eigenvalue weighted by atomic mass is 9.74. The molecule has 30 heavy (non-hydrogen) atoms. The van der Waals surface area contributed by atoms with Crippen molar-refractivity contribution in [2.24, 2.45) is 0 Å². The fourth-order valence-electron chi connectivity index (χ4n) is 3.93. The van der Waals surface area contributed by atoms with Crippen LogP contribution < -0.4 is 0 Å². The van der Waals surface area contributed by atoms with Gasteiger partial charge in [-0.15, -0.1) is 0 Å². The largest absolute Gasteiger partial charge is 0.493 e. The monoisotopic (exact) mass is 408 g/mol. The zero-order valence-electron chi connectivity index (χ0n) is 17.0. The lowest BCUT2D eigenvalue weighted by molar-refractivity contribution is 0.0528. The molecule has 3 aromatic rings. The number of aromatic hydroxyl groups is 1. The quantitative estimate of drug-likeness (QED) is 0.667. The summed E-state index contributed by atoms with van der Waals surface area (Å²) in [5.41, 5.74) is 1.63. The molecule has 0 unspecified atom stereocenters. The molecule has 156 valence electrons. The molecule has 4 rings (SSSR count). The van der Waals surface area contributed by atoms with Crippen molar-refractivity contribution >= 4 is 17.5 Å². The van der Waals surface area contributed by atoms with E-state index in [1.165, 1.54) is 18.0 Å². The number of carbonyl (C=O) groups is 2. The van der Waals surface area contributed by atoms with Crippen LogP contribution in [0.15, 0.2) is 42.7 Å². The second-order valence-corrected chi connectivity index (χ2v) is 7.73. The molecule has 0 spiro atoms. The van der Waals surface area contributed by atoms with E-state index in [1.807, 2.05) is 18.2 Å². The number of esters is 1. The summed E-state index contributed by atoms with van der Waals surface area (Å²) >= 11 is 0. The van der Waals surface area contributed by atoms with Gasteiger partial charge in [0.15, 0.2) is 5.65 Å². The average molecular weight is 408 g/mol. The Balaban J connectivity index is 1.54. The third kappa shape index (κ3) is 3.38. The molecule has 0 aliphatic carbocycles. The van der Waals surface area contributed by atoms with Gasteiger partial charge in [0.1, 0.15) is 11.1 Å². The van der Waals surface area contributed by atoms with E-state index in [2.05, 4.69) is 29.1 Å². The minimum Gasteiger partial charge on any atom is -0.493 e. The maximum Gasteiger partial charge on any atom is 0.343 e. The molecule has 2 aromatic heterocycles. The van der Waals surface area contributed by atoms with Crippen molar-refractivity contribution < 1.29 is 19.4 Å². The standard InChI is InChI=1S/C22H24N4O4/c1-3-30-21(29)16-14-24-26-18(16)23-13-17(20(26)28)19(27)25-11-9-22(2,10-12-25)15-7-5-4-6-8-15/h4-8,13-14,28H,3,9-12H2,1-2H3. The Morgan fingerprint density at radius 3 is 2.50 bits per heavy atom. The fourth-order valence-corrected chi connectivity index (χ4v) is 3.93. The van der Waals surface area contributed by atoms with E-state index in [-0.39, 0.29) is 40.6 Å². The Hall–Kier alpha value is -3.42. The van der Waals surface area contributed by atoms with Gasteiger partial charge >= 0.3 is 5.97 Å². The molecule has 8 heteroatoms. The number of nitrogens with zero attached hydrogens (tertiary/aromatic N) is 4. The van der Waals surface area contributed by atoms with Crippen molar-refractivity contribution in [1.29, 1.82) is 0 Å². The number of rotatable bonds is 4. The van der Waals surface area contributed by atoms with Gasteiger partial charge in [-0.3, -0.25) is 4.79 Å². The molecule has 0 bridgehead atoms. The fraction of sp³-hybridized carbons (Fsp3) is 0.364. The van der Waals surface area contributed by atoms with E-state index in [0.29, 0.717) is 13.1 Å². The smallest absolute Gasteiger partial charge is 0.343 e. The van der Waals surface area contributed by atoms with Crippen LogP contribution in [-0.2, 0) is 10.2 Å². The average Bonchev–Trinajstić information content (AvgIpc) is 3.20. The first-order chi connectivity index (χ1) is 14.4. The van der Waals surface area contributed by atoms with Crippen LogP contribution in [0.4, 0.5) is 0 Å². The summed E-state index contributed by atoms with van der Waals surface area (Å²) in [7, 11) is 0. The topological polar surface area (TPSA) is 97.0 Å². The normalized spacial score (nSPS) is 15.9. The van der Waals surface area contributed by atoms with Crippen LogP contribution in [0.1, 0.15) is 53.0 Å². The molecule has 1 amide bonds. The lowest BCUT2D eigenvalue weighted by Gasteiger charge is -2.39. The van der Waals surface area contributed by atoms with Gasteiger partial charge < -0.3 is 14.7 Å². The van der Waals surface area contributed by atoms with Gasteiger partial charge in [0.05, 0.1) is 12.8 Å². The van der Waals surface area contributed by atoms with Crippen LogP contribution in [0.25, 0.3) is 5.65 Å². The molecule has 3 heterocycles. The van der Waals surface area contributed by atoms with E-state index in [0.717, 1.165) is 17.4 Å². The van der Waals surface area contributed by atoms with E-state index >= 15 is 0 Å². The van der Waals surface area contributed by atoms with E-state index < -0.39 is 5.97 Å². The molecular formula is C22H24N4O4. The van der Waals surface area contributed by atoms with Crippen molar-refractivity contribution in [3.8, 4) is 5.88 Å². The van der Waals surface area contributed by atoms with Crippen molar-refractivity contribution in [2.75, 3.05) is 19.7 Å². The summed E-state index contributed by atoms with van der Waals surface area (Å²) in [5, 5.41) is 14.6. The zero-order chi connectivity index (χ0) is 21.3. The molecule has 1 fully saturated rings. The van der Waals surface area contributed by atoms with Crippen molar-refractivity contribution in [3.05, 3.63) is 59.4 Å². The third-order valence-corrected chi connectivity index (χ3v) is 5.85. The van der Waals surface area contributed by atoms with Crippen molar-refractivity contribution in [2.45, 2.75) is 32.1 Å². The van der Waals surface area contributed by atoms with Gasteiger partial charge in [0, 0.05) is 19.3 Å². The number of hydrogen-bond donors (Lipinski definition) is 1. The van der Waals surface area contributed by atoms with E-state index in [4.69, 9.17) is 4.74 Å². The molecule has 1 aromatic carbocycles. The zero-order valence-corrected chi connectivity index (χ0v) is 17.0.